The molecule has 16 heavy (non-hydrogen) atoms. The van der Waals surface area contributed by atoms with Crippen LogP contribution in [0.4, 0.5) is 0 Å². The number of rotatable bonds is 9. The van der Waals surface area contributed by atoms with Crippen LogP contribution >= 0.6 is 0 Å². The molecule has 0 heterocycles. The van der Waals surface area contributed by atoms with Crippen LogP contribution in [0.5, 0.6) is 0 Å². The van der Waals surface area contributed by atoms with Crippen molar-refractivity contribution < 1.29 is 9.53 Å². The van der Waals surface area contributed by atoms with Gasteiger partial charge in [-0.3, -0.25) is 4.79 Å². The van der Waals surface area contributed by atoms with E-state index in [0.717, 1.165) is 25.9 Å². The van der Waals surface area contributed by atoms with E-state index in [9.17, 15) is 4.79 Å². The second-order valence-corrected chi connectivity index (χ2v) is 5.19. The van der Waals surface area contributed by atoms with E-state index >= 15 is 0 Å². The molecule has 0 aliphatic heterocycles. The Hall–Kier alpha value is -0.370. The van der Waals surface area contributed by atoms with Gasteiger partial charge in [-0.1, -0.05) is 27.7 Å². The van der Waals surface area contributed by atoms with E-state index < -0.39 is 0 Å². The lowest BCUT2D eigenvalue weighted by Gasteiger charge is -2.21. The summed E-state index contributed by atoms with van der Waals surface area (Å²) in [5.74, 6) is 1.52. The van der Waals surface area contributed by atoms with Crippen LogP contribution in [-0.2, 0) is 9.53 Å². The minimum atomic E-state index is 0.305. The van der Waals surface area contributed by atoms with Crippen LogP contribution in [0.15, 0.2) is 0 Å². The zero-order valence-electron chi connectivity index (χ0n) is 11.6. The number of ether oxygens (including phenoxy) is 1. The maximum absolute atomic E-state index is 11.1. The van der Waals surface area contributed by atoms with Gasteiger partial charge < -0.3 is 4.74 Å². The SMILES string of the molecule is CCC(=O)CCCC(C)C(C)OCC(C)C. The van der Waals surface area contributed by atoms with Gasteiger partial charge in [-0.05, 0) is 31.6 Å². The van der Waals surface area contributed by atoms with Crippen molar-refractivity contribution >= 4 is 5.78 Å². The van der Waals surface area contributed by atoms with E-state index in [-0.39, 0.29) is 0 Å². The highest BCUT2D eigenvalue weighted by molar-refractivity contribution is 5.77. The molecule has 0 fully saturated rings. The van der Waals surface area contributed by atoms with Gasteiger partial charge in [0.15, 0.2) is 0 Å². The molecule has 0 saturated carbocycles. The maximum atomic E-state index is 11.1. The Kier molecular flexibility index (Phi) is 8.54. The van der Waals surface area contributed by atoms with Gasteiger partial charge >= 0.3 is 0 Å². The van der Waals surface area contributed by atoms with Crippen molar-refractivity contribution in [2.75, 3.05) is 6.61 Å². The van der Waals surface area contributed by atoms with E-state index in [2.05, 4.69) is 27.7 Å². The third-order valence-electron chi connectivity index (χ3n) is 3.00. The number of hydrogen-bond donors (Lipinski definition) is 0. The Labute approximate surface area is 101 Å². The lowest BCUT2D eigenvalue weighted by Crippen LogP contribution is -2.20. The third kappa shape index (κ3) is 7.86. The quantitative estimate of drug-likeness (QED) is 0.599. The average molecular weight is 228 g/mol. The van der Waals surface area contributed by atoms with Gasteiger partial charge in [0.05, 0.1) is 6.10 Å². The minimum absolute atomic E-state index is 0.305. The highest BCUT2D eigenvalue weighted by atomic mass is 16.5. The van der Waals surface area contributed by atoms with Crippen LogP contribution in [0, 0.1) is 11.8 Å². The summed E-state index contributed by atoms with van der Waals surface area (Å²) < 4.78 is 5.76. The third-order valence-corrected chi connectivity index (χ3v) is 3.00. The largest absolute Gasteiger partial charge is 0.378 e. The van der Waals surface area contributed by atoms with Crippen LogP contribution in [0.2, 0.25) is 0 Å². The Balaban J connectivity index is 3.62. The van der Waals surface area contributed by atoms with Gasteiger partial charge in [0.1, 0.15) is 5.78 Å². The van der Waals surface area contributed by atoms with Gasteiger partial charge in [-0.15, -0.1) is 0 Å². The zero-order valence-corrected chi connectivity index (χ0v) is 11.6. The van der Waals surface area contributed by atoms with E-state index in [4.69, 9.17) is 4.74 Å². The fourth-order valence-electron chi connectivity index (χ4n) is 1.54. The fourth-order valence-corrected chi connectivity index (χ4v) is 1.54. The molecule has 96 valence electrons. The first-order valence-electron chi connectivity index (χ1n) is 6.60. The van der Waals surface area contributed by atoms with Crippen LogP contribution in [0.1, 0.15) is 60.3 Å². The summed E-state index contributed by atoms with van der Waals surface area (Å²) in [7, 11) is 0. The Bertz CT molecular complexity index is 187. The molecule has 0 aromatic carbocycles. The molecule has 0 rings (SSSR count). The van der Waals surface area contributed by atoms with Crippen molar-refractivity contribution in [1.29, 1.82) is 0 Å². The number of ketones is 1. The van der Waals surface area contributed by atoms with E-state index in [1.165, 1.54) is 0 Å². The molecular weight excluding hydrogens is 200 g/mol. The zero-order chi connectivity index (χ0) is 12.6. The predicted octanol–water partition coefficient (Wildman–Crippen LogP) is 3.83. The molecule has 2 heteroatoms. The number of carbonyl (C=O) groups is 1. The first-order valence-corrected chi connectivity index (χ1v) is 6.60. The first-order chi connectivity index (χ1) is 7.47. The topological polar surface area (TPSA) is 26.3 Å². The molecule has 2 atom stereocenters. The maximum Gasteiger partial charge on any atom is 0.132 e. The second-order valence-electron chi connectivity index (χ2n) is 5.19. The van der Waals surface area contributed by atoms with E-state index in [1.807, 2.05) is 6.92 Å². The predicted molar refractivity (Wildman–Crippen MR) is 68.6 cm³/mol. The highest BCUT2D eigenvalue weighted by Crippen LogP contribution is 2.16. The van der Waals surface area contributed by atoms with Crippen LogP contribution in [0.25, 0.3) is 0 Å². The Morgan fingerprint density at radius 3 is 2.31 bits per heavy atom. The molecule has 0 radical (unpaired) electrons. The summed E-state index contributed by atoms with van der Waals surface area (Å²) in [4.78, 5) is 11.1. The lowest BCUT2D eigenvalue weighted by atomic mass is 9.97. The number of Topliss-reactive ketones (excluding diaryl/α,β-unsaturated/α-hetero) is 1. The number of hydrogen-bond acceptors (Lipinski definition) is 2. The summed E-state index contributed by atoms with van der Waals surface area (Å²) in [5, 5.41) is 0. The smallest absolute Gasteiger partial charge is 0.132 e. The standard InChI is InChI=1S/C14H28O2/c1-6-14(15)9-7-8-12(4)13(5)16-10-11(2)3/h11-13H,6-10H2,1-5H3. The van der Waals surface area contributed by atoms with Crippen molar-refractivity contribution in [2.45, 2.75) is 66.4 Å². The molecular formula is C14H28O2. The van der Waals surface area contributed by atoms with E-state index in [1.54, 1.807) is 0 Å². The summed E-state index contributed by atoms with van der Waals surface area (Å²) in [6.45, 7) is 11.4. The molecule has 0 aromatic heterocycles. The van der Waals surface area contributed by atoms with Gasteiger partial charge in [0.25, 0.3) is 0 Å². The molecule has 0 amide bonds. The Morgan fingerprint density at radius 1 is 1.19 bits per heavy atom. The lowest BCUT2D eigenvalue weighted by molar-refractivity contribution is -0.118. The number of carbonyl (C=O) groups excluding carboxylic acids is 1. The summed E-state index contributed by atoms with van der Waals surface area (Å²) >= 11 is 0. The molecule has 0 aliphatic carbocycles. The van der Waals surface area contributed by atoms with Gasteiger partial charge in [-0.25, -0.2) is 0 Å². The molecule has 2 unspecified atom stereocenters. The fraction of sp³-hybridized carbons (Fsp3) is 0.929. The minimum Gasteiger partial charge on any atom is -0.378 e. The van der Waals surface area contributed by atoms with Crippen LogP contribution in [0.3, 0.4) is 0 Å². The molecule has 0 N–H and O–H groups in total. The molecule has 0 spiro atoms. The molecule has 0 aliphatic rings. The van der Waals surface area contributed by atoms with Crippen molar-refractivity contribution in [2.24, 2.45) is 11.8 Å². The molecule has 2 nitrogen and oxygen atoms in total. The molecule has 0 bridgehead atoms. The molecule has 0 saturated heterocycles. The molecule has 0 aromatic rings. The van der Waals surface area contributed by atoms with Crippen molar-refractivity contribution in [3.8, 4) is 0 Å². The van der Waals surface area contributed by atoms with E-state index in [0.29, 0.717) is 30.1 Å². The van der Waals surface area contributed by atoms with Crippen molar-refractivity contribution in [1.82, 2.24) is 0 Å². The normalized spacial score (nSPS) is 15.1. The second kappa shape index (κ2) is 8.74. The summed E-state index contributed by atoms with van der Waals surface area (Å²) in [6.07, 6.45) is 3.80. The van der Waals surface area contributed by atoms with Crippen molar-refractivity contribution in [3.05, 3.63) is 0 Å². The average Bonchev–Trinajstić information content (AvgIpc) is 2.25. The van der Waals surface area contributed by atoms with Gasteiger partial charge in [0.2, 0.25) is 0 Å². The monoisotopic (exact) mass is 228 g/mol. The Morgan fingerprint density at radius 2 is 1.81 bits per heavy atom. The first kappa shape index (κ1) is 15.6. The summed E-state index contributed by atoms with van der Waals surface area (Å²) in [6, 6.07) is 0. The summed E-state index contributed by atoms with van der Waals surface area (Å²) in [5.41, 5.74) is 0. The highest BCUT2D eigenvalue weighted by Gasteiger charge is 2.13. The van der Waals surface area contributed by atoms with Crippen LogP contribution in [-0.4, -0.2) is 18.5 Å². The van der Waals surface area contributed by atoms with Gasteiger partial charge in [0, 0.05) is 19.4 Å². The van der Waals surface area contributed by atoms with Crippen LogP contribution < -0.4 is 0 Å². The van der Waals surface area contributed by atoms with Crippen molar-refractivity contribution in [3.63, 3.8) is 0 Å². The van der Waals surface area contributed by atoms with Gasteiger partial charge in [-0.2, -0.15) is 0 Å².